The molecular formula is C15H16N2O2. The molecule has 1 amide bonds. The predicted octanol–water partition coefficient (Wildman–Crippen LogP) is 1.86. The van der Waals surface area contributed by atoms with Gasteiger partial charge in [-0.25, -0.2) is 0 Å². The number of carbonyl (C=O) groups is 1. The lowest BCUT2D eigenvalue weighted by molar-refractivity contribution is 0.0951. The van der Waals surface area contributed by atoms with Gasteiger partial charge in [0.05, 0.1) is 5.69 Å². The first-order valence-electron chi connectivity index (χ1n) is 6.22. The van der Waals surface area contributed by atoms with Crippen molar-refractivity contribution in [2.24, 2.45) is 0 Å². The summed E-state index contributed by atoms with van der Waals surface area (Å²) in [6, 6.07) is 13.0. The van der Waals surface area contributed by atoms with Crippen molar-refractivity contribution in [1.29, 1.82) is 0 Å². The van der Waals surface area contributed by atoms with Crippen molar-refractivity contribution in [3.8, 4) is 11.3 Å². The van der Waals surface area contributed by atoms with Crippen LogP contribution in [0.25, 0.3) is 11.3 Å². The van der Waals surface area contributed by atoms with Gasteiger partial charge in [-0.15, -0.1) is 0 Å². The second-order valence-corrected chi connectivity index (χ2v) is 4.13. The van der Waals surface area contributed by atoms with Crippen LogP contribution in [-0.4, -0.2) is 29.1 Å². The number of pyridine rings is 1. The van der Waals surface area contributed by atoms with Crippen LogP contribution in [0.1, 0.15) is 16.8 Å². The van der Waals surface area contributed by atoms with Crippen molar-refractivity contribution in [2.75, 3.05) is 13.2 Å². The van der Waals surface area contributed by atoms with Crippen molar-refractivity contribution in [1.82, 2.24) is 10.3 Å². The first-order valence-corrected chi connectivity index (χ1v) is 6.22. The monoisotopic (exact) mass is 256 g/mol. The quantitative estimate of drug-likeness (QED) is 0.803. The smallest absolute Gasteiger partial charge is 0.251 e. The Morgan fingerprint density at radius 3 is 2.58 bits per heavy atom. The van der Waals surface area contributed by atoms with E-state index in [4.69, 9.17) is 5.11 Å². The van der Waals surface area contributed by atoms with E-state index in [0.29, 0.717) is 18.5 Å². The molecule has 0 saturated heterocycles. The van der Waals surface area contributed by atoms with Gasteiger partial charge in [-0.1, -0.05) is 18.2 Å². The summed E-state index contributed by atoms with van der Waals surface area (Å²) < 4.78 is 0. The van der Waals surface area contributed by atoms with E-state index in [1.165, 1.54) is 0 Å². The van der Waals surface area contributed by atoms with Gasteiger partial charge in [0.1, 0.15) is 0 Å². The number of benzene rings is 1. The van der Waals surface area contributed by atoms with Gasteiger partial charge in [0, 0.05) is 30.5 Å². The van der Waals surface area contributed by atoms with Crippen molar-refractivity contribution in [3.05, 3.63) is 54.2 Å². The highest BCUT2D eigenvalue weighted by molar-refractivity contribution is 5.94. The molecule has 0 aliphatic heterocycles. The summed E-state index contributed by atoms with van der Waals surface area (Å²) in [5, 5.41) is 11.4. The van der Waals surface area contributed by atoms with Gasteiger partial charge in [-0.3, -0.25) is 9.78 Å². The van der Waals surface area contributed by atoms with E-state index in [-0.39, 0.29) is 12.5 Å². The summed E-state index contributed by atoms with van der Waals surface area (Å²) in [6.07, 6.45) is 2.31. The average Bonchev–Trinajstić information content (AvgIpc) is 2.48. The molecule has 1 aromatic carbocycles. The van der Waals surface area contributed by atoms with Crippen LogP contribution in [-0.2, 0) is 0 Å². The Hall–Kier alpha value is -2.20. The third-order valence-electron chi connectivity index (χ3n) is 2.73. The van der Waals surface area contributed by atoms with Crippen LogP contribution in [0.4, 0.5) is 0 Å². The molecule has 0 spiro atoms. The minimum Gasteiger partial charge on any atom is -0.396 e. The Morgan fingerprint density at radius 2 is 1.95 bits per heavy atom. The topological polar surface area (TPSA) is 62.2 Å². The highest BCUT2D eigenvalue weighted by Gasteiger charge is 2.05. The molecular weight excluding hydrogens is 240 g/mol. The highest BCUT2D eigenvalue weighted by atomic mass is 16.3. The van der Waals surface area contributed by atoms with Crippen molar-refractivity contribution in [3.63, 3.8) is 0 Å². The van der Waals surface area contributed by atoms with E-state index >= 15 is 0 Å². The van der Waals surface area contributed by atoms with Crippen LogP contribution in [0, 0.1) is 0 Å². The second-order valence-electron chi connectivity index (χ2n) is 4.13. The molecule has 0 aliphatic carbocycles. The molecule has 0 saturated carbocycles. The molecule has 2 rings (SSSR count). The van der Waals surface area contributed by atoms with Gasteiger partial charge in [0.25, 0.3) is 5.91 Å². The van der Waals surface area contributed by atoms with Crippen LogP contribution in [0.2, 0.25) is 0 Å². The molecule has 2 aromatic rings. The number of nitrogens with zero attached hydrogens (tertiary/aromatic N) is 1. The fourth-order valence-electron chi connectivity index (χ4n) is 1.71. The second kappa shape index (κ2) is 6.66. The number of amides is 1. The summed E-state index contributed by atoms with van der Waals surface area (Å²) in [4.78, 5) is 16.0. The van der Waals surface area contributed by atoms with Crippen LogP contribution < -0.4 is 5.32 Å². The zero-order valence-corrected chi connectivity index (χ0v) is 10.5. The van der Waals surface area contributed by atoms with E-state index in [2.05, 4.69) is 10.3 Å². The first-order chi connectivity index (χ1) is 9.31. The number of aliphatic hydroxyl groups excluding tert-OH is 1. The van der Waals surface area contributed by atoms with Crippen LogP contribution in [0.5, 0.6) is 0 Å². The van der Waals surface area contributed by atoms with E-state index in [1.807, 2.05) is 30.3 Å². The predicted molar refractivity (Wildman–Crippen MR) is 73.7 cm³/mol. The molecule has 19 heavy (non-hydrogen) atoms. The Labute approximate surface area is 112 Å². The SMILES string of the molecule is O=C(NCCCO)c1ccc(-c2ccccn2)cc1. The Morgan fingerprint density at radius 1 is 1.16 bits per heavy atom. The maximum Gasteiger partial charge on any atom is 0.251 e. The standard InChI is InChI=1S/C15H16N2O2/c18-11-3-10-17-15(19)13-7-5-12(6-8-13)14-4-1-2-9-16-14/h1-2,4-9,18H,3,10-11H2,(H,17,19). The third kappa shape index (κ3) is 3.63. The Kier molecular flexibility index (Phi) is 4.64. The summed E-state index contributed by atoms with van der Waals surface area (Å²) in [5.41, 5.74) is 2.47. The van der Waals surface area contributed by atoms with Gasteiger partial charge in [0.2, 0.25) is 0 Å². The van der Waals surface area contributed by atoms with E-state index < -0.39 is 0 Å². The van der Waals surface area contributed by atoms with Crippen LogP contribution in [0.3, 0.4) is 0 Å². The fraction of sp³-hybridized carbons (Fsp3) is 0.200. The van der Waals surface area contributed by atoms with Gasteiger partial charge >= 0.3 is 0 Å². The summed E-state index contributed by atoms with van der Waals surface area (Å²) in [7, 11) is 0. The third-order valence-corrected chi connectivity index (χ3v) is 2.73. The summed E-state index contributed by atoms with van der Waals surface area (Å²) in [6.45, 7) is 0.566. The molecule has 0 bridgehead atoms. The number of hydrogen-bond acceptors (Lipinski definition) is 3. The molecule has 0 fully saturated rings. The summed E-state index contributed by atoms with van der Waals surface area (Å²) >= 11 is 0. The Bertz CT molecular complexity index is 524. The lowest BCUT2D eigenvalue weighted by atomic mass is 10.1. The number of nitrogens with one attached hydrogen (secondary N) is 1. The number of carbonyl (C=O) groups excluding carboxylic acids is 1. The molecule has 0 aliphatic rings. The van der Waals surface area contributed by atoms with Gasteiger partial charge in [0.15, 0.2) is 0 Å². The number of aliphatic hydroxyl groups is 1. The highest BCUT2D eigenvalue weighted by Crippen LogP contribution is 2.16. The molecule has 98 valence electrons. The van der Waals surface area contributed by atoms with E-state index in [0.717, 1.165) is 11.3 Å². The maximum absolute atomic E-state index is 11.8. The zero-order valence-electron chi connectivity index (χ0n) is 10.5. The zero-order chi connectivity index (χ0) is 13.5. The van der Waals surface area contributed by atoms with Gasteiger partial charge < -0.3 is 10.4 Å². The van der Waals surface area contributed by atoms with E-state index in [1.54, 1.807) is 18.3 Å². The molecule has 4 nitrogen and oxygen atoms in total. The van der Waals surface area contributed by atoms with E-state index in [9.17, 15) is 4.79 Å². The molecule has 2 N–H and O–H groups in total. The summed E-state index contributed by atoms with van der Waals surface area (Å²) in [5.74, 6) is -0.124. The molecule has 1 aromatic heterocycles. The number of hydrogen-bond donors (Lipinski definition) is 2. The number of rotatable bonds is 5. The van der Waals surface area contributed by atoms with Crippen LogP contribution >= 0.6 is 0 Å². The Balaban J connectivity index is 2.04. The normalized spacial score (nSPS) is 10.2. The minimum atomic E-state index is -0.124. The van der Waals surface area contributed by atoms with Crippen LogP contribution in [0.15, 0.2) is 48.7 Å². The number of aromatic nitrogens is 1. The lowest BCUT2D eigenvalue weighted by Gasteiger charge is -2.05. The molecule has 4 heteroatoms. The van der Waals surface area contributed by atoms with Gasteiger partial charge in [-0.05, 0) is 30.7 Å². The molecule has 1 heterocycles. The van der Waals surface area contributed by atoms with Gasteiger partial charge in [-0.2, -0.15) is 0 Å². The van der Waals surface area contributed by atoms with Crippen molar-refractivity contribution in [2.45, 2.75) is 6.42 Å². The lowest BCUT2D eigenvalue weighted by Crippen LogP contribution is -2.24. The molecule has 0 unspecified atom stereocenters. The first kappa shape index (κ1) is 13.2. The largest absolute Gasteiger partial charge is 0.396 e. The van der Waals surface area contributed by atoms with Crippen molar-refractivity contribution >= 4 is 5.91 Å². The minimum absolute atomic E-state index is 0.0822. The average molecular weight is 256 g/mol. The van der Waals surface area contributed by atoms with Crippen molar-refractivity contribution < 1.29 is 9.90 Å². The molecule has 0 radical (unpaired) electrons. The fourth-order valence-corrected chi connectivity index (χ4v) is 1.71. The molecule has 0 atom stereocenters. The maximum atomic E-state index is 11.8.